The third kappa shape index (κ3) is 4.44. The summed E-state index contributed by atoms with van der Waals surface area (Å²) in [6, 6.07) is 9.20. The molecule has 0 spiro atoms. The number of carbonyl (C=O) groups excluding carboxylic acids is 1. The number of hydrogen-bond donors (Lipinski definition) is 1. The number of morpholine rings is 1. The summed E-state index contributed by atoms with van der Waals surface area (Å²) in [5.74, 6) is -3.03. The first kappa shape index (κ1) is 25.2. The highest BCUT2D eigenvalue weighted by atomic mass is 32.2. The highest BCUT2D eigenvalue weighted by molar-refractivity contribution is 7.89. The quantitative estimate of drug-likeness (QED) is 0.529. The highest BCUT2D eigenvalue weighted by Gasteiger charge is 2.45. The normalized spacial score (nSPS) is 24.1. The van der Waals surface area contributed by atoms with Crippen molar-refractivity contribution in [3.05, 3.63) is 42.6 Å². The Morgan fingerprint density at radius 2 is 2.03 bits per heavy atom. The molecule has 3 aliphatic heterocycles. The van der Waals surface area contributed by atoms with Crippen molar-refractivity contribution in [2.75, 3.05) is 44.2 Å². The Morgan fingerprint density at radius 3 is 2.71 bits per heavy atom. The molecule has 9 nitrogen and oxygen atoms in total. The molecule has 3 saturated heterocycles. The largest absolute Gasteiger partial charge is 0.375 e. The second-order valence-electron chi connectivity index (χ2n) is 10.2. The minimum absolute atomic E-state index is 0.0154. The maximum absolute atomic E-state index is 14.1. The van der Waals surface area contributed by atoms with Gasteiger partial charge < -0.3 is 19.5 Å². The molecule has 12 heteroatoms. The fourth-order valence-electron chi connectivity index (χ4n) is 5.47. The number of alkyl halides is 2. The number of benzene rings is 1. The molecule has 1 aromatic carbocycles. The number of halogens is 2. The second kappa shape index (κ2) is 9.28. The number of aromatic amines is 1. The summed E-state index contributed by atoms with van der Waals surface area (Å²) in [5, 5.41) is 0. The first-order valence-corrected chi connectivity index (χ1v) is 14.2. The van der Waals surface area contributed by atoms with Gasteiger partial charge in [0, 0.05) is 50.0 Å². The van der Waals surface area contributed by atoms with Crippen molar-refractivity contribution in [2.45, 2.75) is 42.7 Å². The van der Waals surface area contributed by atoms with E-state index < -0.39 is 28.5 Å². The molecular formula is C26H29F2N5O4S. The van der Waals surface area contributed by atoms with Crippen LogP contribution in [0.2, 0.25) is 0 Å². The first-order chi connectivity index (χ1) is 18.1. The van der Waals surface area contributed by atoms with E-state index in [9.17, 15) is 22.0 Å². The fourth-order valence-corrected chi connectivity index (χ4v) is 7.13. The average Bonchev–Trinajstić information content (AvgIpc) is 3.45. The number of fused-ring (bicyclic) bond motifs is 1. The van der Waals surface area contributed by atoms with Crippen LogP contribution in [-0.4, -0.2) is 90.9 Å². The van der Waals surface area contributed by atoms with E-state index in [0.717, 1.165) is 5.52 Å². The smallest absolute Gasteiger partial charge is 0.266 e. The van der Waals surface area contributed by atoms with Crippen LogP contribution in [0.25, 0.3) is 22.3 Å². The van der Waals surface area contributed by atoms with E-state index in [-0.39, 0.29) is 36.4 Å². The van der Waals surface area contributed by atoms with E-state index in [0.29, 0.717) is 48.6 Å². The van der Waals surface area contributed by atoms with E-state index in [2.05, 4.69) is 9.97 Å². The van der Waals surface area contributed by atoms with Gasteiger partial charge in [-0.3, -0.25) is 9.78 Å². The van der Waals surface area contributed by atoms with Crippen molar-refractivity contribution in [1.82, 2.24) is 19.2 Å². The van der Waals surface area contributed by atoms with E-state index in [1.165, 1.54) is 16.4 Å². The number of sulfonamides is 1. The summed E-state index contributed by atoms with van der Waals surface area (Å²) in [5.41, 5.74) is 3.03. The summed E-state index contributed by atoms with van der Waals surface area (Å²) in [6.07, 6.45) is 1.74. The Labute approximate surface area is 219 Å². The van der Waals surface area contributed by atoms with Crippen molar-refractivity contribution < 1.29 is 26.7 Å². The van der Waals surface area contributed by atoms with Gasteiger partial charge in [0.15, 0.2) is 0 Å². The predicted molar refractivity (Wildman–Crippen MR) is 138 cm³/mol. The zero-order chi connectivity index (χ0) is 26.7. The number of carbonyl (C=O) groups is 1. The minimum atomic E-state index is -4.01. The van der Waals surface area contributed by atoms with Crippen LogP contribution in [0.15, 0.2) is 47.5 Å². The Morgan fingerprint density at radius 1 is 1.18 bits per heavy atom. The van der Waals surface area contributed by atoms with Crippen LogP contribution in [0, 0.1) is 0 Å². The molecular weight excluding hydrogens is 516 g/mol. The zero-order valence-electron chi connectivity index (χ0n) is 20.9. The standard InChI is InChI=1S/C26H29F2N5O4S/c1-17-15-31(11-12-37-17)25(34)24-6-9-33(24)38(35,36)18-4-5-23(32-10-7-26(27,28)16-32)19(13-18)21-14-22-20(30-21)3-2-8-29-22/h2-5,8,13-14,17,24,30H,6-7,9-12,15-16H2,1H3/t17-,24-/m0/s1. The van der Waals surface area contributed by atoms with Gasteiger partial charge in [-0.25, -0.2) is 17.2 Å². The number of aromatic nitrogens is 2. The molecule has 3 fully saturated rings. The lowest BCUT2D eigenvalue weighted by molar-refractivity contribution is -0.145. The van der Waals surface area contributed by atoms with Crippen molar-refractivity contribution in [3.63, 3.8) is 0 Å². The van der Waals surface area contributed by atoms with Gasteiger partial charge in [-0.1, -0.05) is 0 Å². The molecule has 5 heterocycles. The van der Waals surface area contributed by atoms with Crippen LogP contribution in [0.1, 0.15) is 19.8 Å². The molecule has 0 radical (unpaired) electrons. The Bertz CT molecular complexity index is 1460. The lowest BCUT2D eigenvalue weighted by atomic mass is 10.1. The molecule has 38 heavy (non-hydrogen) atoms. The Kier molecular flexibility index (Phi) is 6.15. The molecule has 0 saturated carbocycles. The minimum Gasteiger partial charge on any atom is -0.375 e. The van der Waals surface area contributed by atoms with Gasteiger partial charge in [0.05, 0.1) is 40.9 Å². The number of pyridine rings is 1. The fraction of sp³-hybridized carbons (Fsp3) is 0.462. The summed E-state index contributed by atoms with van der Waals surface area (Å²) in [6.45, 7) is 3.12. The van der Waals surface area contributed by atoms with Crippen molar-refractivity contribution >= 4 is 32.7 Å². The molecule has 3 aliphatic rings. The topological polar surface area (TPSA) is 98.8 Å². The Balaban J connectivity index is 1.35. The molecule has 2 aromatic heterocycles. The highest BCUT2D eigenvalue weighted by Crippen LogP contribution is 2.40. The zero-order valence-corrected chi connectivity index (χ0v) is 21.8. The molecule has 0 bridgehead atoms. The number of rotatable bonds is 5. The lowest BCUT2D eigenvalue weighted by Crippen LogP contribution is -2.60. The van der Waals surface area contributed by atoms with Crippen molar-refractivity contribution in [2.24, 2.45) is 0 Å². The van der Waals surface area contributed by atoms with Gasteiger partial charge in [-0.15, -0.1) is 0 Å². The molecule has 6 rings (SSSR count). The van der Waals surface area contributed by atoms with Gasteiger partial charge in [-0.2, -0.15) is 4.31 Å². The maximum atomic E-state index is 14.1. The molecule has 0 aliphatic carbocycles. The number of hydrogen-bond acceptors (Lipinski definition) is 6. The molecule has 1 N–H and O–H groups in total. The van der Waals surface area contributed by atoms with E-state index in [1.54, 1.807) is 34.2 Å². The van der Waals surface area contributed by atoms with Crippen molar-refractivity contribution in [1.29, 1.82) is 0 Å². The van der Waals surface area contributed by atoms with Crippen LogP contribution in [0.4, 0.5) is 14.5 Å². The molecule has 2 atom stereocenters. The van der Waals surface area contributed by atoms with Crippen LogP contribution in [-0.2, 0) is 19.6 Å². The molecule has 202 valence electrons. The lowest BCUT2D eigenvalue weighted by Gasteiger charge is -2.42. The van der Waals surface area contributed by atoms with Gasteiger partial charge in [0.2, 0.25) is 15.9 Å². The Hall–Kier alpha value is -3.09. The van der Waals surface area contributed by atoms with Crippen molar-refractivity contribution in [3.8, 4) is 11.3 Å². The van der Waals surface area contributed by atoms with Crippen LogP contribution in [0.3, 0.4) is 0 Å². The summed E-state index contributed by atoms with van der Waals surface area (Å²) >= 11 is 0. The van der Waals surface area contributed by atoms with E-state index >= 15 is 0 Å². The third-order valence-electron chi connectivity index (χ3n) is 7.57. The number of H-pyrrole nitrogens is 1. The first-order valence-electron chi connectivity index (χ1n) is 12.8. The number of anilines is 1. The second-order valence-corrected chi connectivity index (χ2v) is 12.1. The van der Waals surface area contributed by atoms with Gasteiger partial charge in [0.25, 0.3) is 5.92 Å². The maximum Gasteiger partial charge on any atom is 0.266 e. The monoisotopic (exact) mass is 545 g/mol. The number of amides is 1. The molecule has 3 aromatic rings. The van der Waals surface area contributed by atoms with E-state index in [1.807, 2.05) is 13.0 Å². The third-order valence-corrected chi connectivity index (χ3v) is 9.48. The number of nitrogens with one attached hydrogen (secondary N) is 1. The summed E-state index contributed by atoms with van der Waals surface area (Å²) in [4.78, 5) is 24.0. The summed E-state index contributed by atoms with van der Waals surface area (Å²) in [7, 11) is -4.01. The summed E-state index contributed by atoms with van der Waals surface area (Å²) < 4.78 is 62.4. The number of nitrogens with zero attached hydrogens (tertiary/aromatic N) is 4. The van der Waals surface area contributed by atoms with E-state index in [4.69, 9.17) is 4.74 Å². The van der Waals surface area contributed by atoms with Crippen LogP contribution < -0.4 is 4.90 Å². The van der Waals surface area contributed by atoms with Crippen LogP contribution in [0.5, 0.6) is 0 Å². The van der Waals surface area contributed by atoms with Gasteiger partial charge in [0.1, 0.15) is 6.04 Å². The predicted octanol–water partition coefficient (Wildman–Crippen LogP) is 3.09. The SMILES string of the molecule is C[C@H]1CN(C(=O)[C@@H]2CCN2S(=O)(=O)c2ccc(N3CCC(F)(F)C3)c(-c3cc4ncccc4[nH]3)c2)CCO1. The average molecular weight is 546 g/mol. The van der Waals surface area contributed by atoms with Gasteiger partial charge in [-0.05, 0) is 49.7 Å². The van der Waals surface area contributed by atoms with Crippen LogP contribution >= 0.6 is 0 Å². The molecule has 0 unspecified atom stereocenters. The van der Waals surface area contributed by atoms with Gasteiger partial charge >= 0.3 is 0 Å². The molecule has 1 amide bonds. The number of ether oxygens (including phenoxy) is 1.